The molecule has 3 N–H and O–H groups in total. The number of rotatable bonds is 4. The van der Waals surface area contributed by atoms with Gasteiger partial charge < -0.3 is 11.1 Å². The quantitative estimate of drug-likeness (QED) is 0.419. The fraction of sp³-hybridized carbons (Fsp3) is 1.00. The van der Waals surface area contributed by atoms with Gasteiger partial charge in [-0.2, -0.15) is 0 Å². The van der Waals surface area contributed by atoms with Crippen molar-refractivity contribution in [2.45, 2.75) is 32.9 Å². The first-order valence-electron chi connectivity index (χ1n) is 3.26. The van der Waals surface area contributed by atoms with Gasteiger partial charge >= 0.3 is 0 Å². The van der Waals surface area contributed by atoms with E-state index < -0.39 is 0 Å². The van der Waals surface area contributed by atoms with Gasteiger partial charge in [-0.1, -0.05) is 13.3 Å². The molecule has 0 heterocycles. The normalized spacial score (nSPS) is 13.9. The van der Waals surface area contributed by atoms with E-state index in [0.29, 0.717) is 0 Å². The van der Waals surface area contributed by atoms with Crippen LogP contribution in [-0.4, -0.2) is 12.7 Å². The van der Waals surface area contributed by atoms with Gasteiger partial charge in [0.1, 0.15) is 0 Å². The Morgan fingerprint density at radius 3 is 2.62 bits per heavy atom. The van der Waals surface area contributed by atoms with Crippen molar-refractivity contribution in [2.24, 2.45) is 5.73 Å². The fourth-order valence-corrected chi connectivity index (χ4v) is 0.507. The molecule has 2 nitrogen and oxygen atoms in total. The molecule has 0 aliphatic carbocycles. The third-order valence-corrected chi connectivity index (χ3v) is 0.997. The zero-order chi connectivity index (χ0) is 6.41. The molecule has 0 aromatic carbocycles. The molecule has 8 heavy (non-hydrogen) atoms. The molecule has 0 aliphatic rings. The first kappa shape index (κ1) is 7.92. The maximum Gasteiger partial charge on any atom is 0.0517 e. The van der Waals surface area contributed by atoms with E-state index in [1.54, 1.807) is 0 Å². The van der Waals surface area contributed by atoms with Crippen molar-refractivity contribution in [3.63, 3.8) is 0 Å². The summed E-state index contributed by atoms with van der Waals surface area (Å²) in [4.78, 5) is 0. The third-order valence-electron chi connectivity index (χ3n) is 0.997. The molecule has 50 valence electrons. The van der Waals surface area contributed by atoms with Crippen LogP contribution in [0.4, 0.5) is 0 Å². The minimum atomic E-state index is 0.154. The molecule has 0 radical (unpaired) electrons. The molecular formula is C6H16N2. The second-order valence-electron chi connectivity index (χ2n) is 2.10. The molecule has 0 spiro atoms. The summed E-state index contributed by atoms with van der Waals surface area (Å²) in [6, 6.07) is 0. The molecule has 0 fully saturated rings. The number of unbranched alkanes of at least 4 members (excludes halogenated alkanes) is 1. The highest BCUT2D eigenvalue weighted by Crippen LogP contribution is 1.81. The number of hydrogen-bond acceptors (Lipinski definition) is 2. The van der Waals surface area contributed by atoms with Crippen molar-refractivity contribution < 1.29 is 0 Å². The van der Waals surface area contributed by atoms with Gasteiger partial charge in [-0.3, -0.25) is 0 Å². The SMILES string of the molecule is CCCCN[C@@H](C)N. The van der Waals surface area contributed by atoms with E-state index in [9.17, 15) is 0 Å². The van der Waals surface area contributed by atoms with Crippen molar-refractivity contribution in [3.05, 3.63) is 0 Å². The summed E-state index contributed by atoms with van der Waals surface area (Å²) in [5.41, 5.74) is 5.42. The van der Waals surface area contributed by atoms with Crippen LogP contribution in [0, 0.1) is 0 Å². The van der Waals surface area contributed by atoms with Gasteiger partial charge in [-0.25, -0.2) is 0 Å². The summed E-state index contributed by atoms with van der Waals surface area (Å²) in [6.07, 6.45) is 2.61. The Balaban J connectivity index is 2.72. The predicted octanol–water partition coefficient (Wildman–Crippen LogP) is 0.681. The second-order valence-corrected chi connectivity index (χ2v) is 2.10. The van der Waals surface area contributed by atoms with Crippen molar-refractivity contribution in [3.8, 4) is 0 Å². The molecule has 2 heteroatoms. The van der Waals surface area contributed by atoms with E-state index in [1.807, 2.05) is 6.92 Å². The van der Waals surface area contributed by atoms with Gasteiger partial charge in [0.05, 0.1) is 6.17 Å². The molecule has 0 saturated heterocycles. The largest absolute Gasteiger partial charge is 0.316 e. The number of hydrogen-bond donors (Lipinski definition) is 2. The third kappa shape index (κ3) is 5.92. The summed E-state index contributed by atoms with van der Waals surface area (Å²) in [5.74, 6) is 0. The minimum Gasteiger partial charge on any atom is -0.316 e. The number of nitrogens with one attached hydrogen (secondary N) is 1. The summed E-state index contributed by atoms with van der Waals surface area (Å²) < 4.78 is 0. The molecule has 0 aromatic rings. The van der Waals surface area contributed by atoms with Crippen LogP contribution in [0.3, 0.4) is 0 Å². The molecular weight excluding hydrogens is 100 g/mol. The highest BCUT2D eigenvalue weighted by Gasteiger charge is 1.87. The lowest BCUT2D eigenvalue weighted by Gasteiger charge is -2.05. The smallest absolute Gasteiger partial charge is 0.0517 e. The average Bonchev–Trinajstić information content (AvgIpc) is 1.66. The van der Waals surface area contributed by atoms with Gasteiger partial charge in [-0.05, 0) is 19.9 Å². The van der Waals surface area contributed by atoms with Crippen molar-refractivity contribution >= 4 is 0 Å². The topological polar surface area (TPSA) is 38.0 Å². The Morgan fingerprint density at radius 1 is 1.62 bits per heavy atom. The monoisotopic (exact) mass is 116 g/mol. The summed E-state index contributed by atoms with van der Waals surface area (Å²) >= 11 is 0. The lowest BCUT2D eigenvalue weighted by molar-refractivity contribution is 0.549. The Kier molecular flexibility index (Phi) is 5.01. The Morgan fingerprint density at radius 2 is 2.25 bits per heavy atom. The van der Waals surface area contributed by atoms with Crippen LogP contribution in [0.25, 0.3) is 0 Å². The fourth-order valence-electron chi connectivity index (χ4n) is 0.507. The predicted molar refractivity (Wildman–Crippen MR) is 36.6 cm³/mol. The van der Waals surface area contributed by atoms with Crippen molar-refractivity contribution in [1.29, 1.82) is 0 Å². The van der Waals surface area contributed by atoms with Gasteiger partial charge in [0.2, 0.25) is 0 Å². The van der Waals surface area contributed by atoms with Crippen LogP contribution in [0.1, 0.15) is 26.7 Å². The lowest BCUT2D eigenvalue weighted by atomic mass is 10.3. The van der Waals surface area contributed by atoms with Crippen LogP contribution < -0.4 is 11.1 Å². The first-order valence-corrected chi connectivity index (χ1v) is 3.26. The van der Waals surface area contributed by atoms with E-state index in [4.69, 9.17) is 5.73 Å². The molecule has 0 unspecified atom stereocenters. The van der Waals surface area contributed by atoms with E-state index in [2.05, 4.69) is 12.2 Å². The van der Waals surface area contributed by atoms with Gasteiger partial charge in [0, 0.05) is 0 Å². The molecule has 0 saturated carbocycles. The van der Waals surface area contributed by atoms with Crippen LogP contribution in [0.5, 0.6) is 0 Å². The molecule has 1 atom stereocenters. The van der Waals surface area contributed by atoms with Crippen molar-refractivity contribution in [2.75, 3.05) is 6.54 Å². The lowest BCUT2D eigenvalue weighted by Crippen LogP contribution is -2.34. The minimum absolute atomic E-state index is 0.154. The highest BCUT2D eigenvalue weighted by molar-refractivity contribution is 4.48. The summed E-state index contributed by atoms with van der Waals surface area (Å²) in [5, 5.41) is 3.12. The van der Waals surface area contributed by atoms with Gasteiger partial charge in [0.25, 0.3) is 0 Å². The van der Waals surface area contributed by atoms with Crippen LogP contribution in [0.2, 0.25) is 0 Å². The summed E-state index contributed by atoms with van der Waals surface area (Å²) in [7, 11) is 0. The second kappa shape index (κ2) is 5.06. The molecule has 0 bridgehead atoms. The van der Waals surface area contributed by atoms with E-state index in [-0.39, 0.29) is 6.17 Å². The first-order chi connectivity index (χ1) is 3.77. The van der Waals surface area contributed by atoms with Gasteiger partial charge in [0.15, 0.2) is 0 Å². The van der Waals surface area contributed by atoms with Crippen LogP contribution >= 0.6 is 0 Å². The van der Waals surface area contributed by atoms with Gasteiger partial charge in [-0.15, -0.1) is 0 Å². The zero-order valence-corrected chi connectivity index (χ0v) is 5.78. The maximum atomic E-state index is 5.42. The molecule has 0 amide bonds. The van der Waals surface area contributed by atoms with E-state index >= 15 is 0 Å². The molecule has 0 rings (SSSR count). The van der Waals surface area contributed by atoms with E-state index in [1.165, 1.54) is 12.8 Å². The average molecular weight is 116 g/mol. The molecule has 0 aromatic heterocycles. The molecule has 0 aliphatic heterocycles. The Bertz CT molecular complexity index is 43.8. The van der Waals surface area contributed by atoms with Crippen LogP contribution in [0.15, 0.2) is 0 Å². The Hall–Kier alpha value is -0.0800. The standard InChI is InChI=1S/C6H16N2/c1-3-4-5-8-6(2)7/h6,8H,3-5,7H2,1-2H3/t6-/m0/s1. The maximum absolute atomic E-state index is 5.42. The number of nitrogens with two attached hydrogens (primary N) is 1. The summed E-state index contributed by atoms with van der Waals surface area (Å²) in [6.45, 7) is 5.17. The van der Waals surface area contributed by atoms with E-state index in [0.717, 1.165) is 6.54 Å². The highest BCUT2D eigenvalue weighted by atomic mass is 15.0. The van der Waals surface area contributed by atoms with Crippen LogP contribution in [-0.2, 0) is 0 Å². The van der Waals surface area contributed by atoms with Crippen molar-refractivity contribution in [1.82, 2.24) is 5.32 Å². The zero-order valence-electron chi connectivity index (χ0n) is 5.78. The Labute approximate surface area is 51.5 Å².